The van der Waals surface area contributed by atoms with Gasteiger partial charge in [-0.05, 0) is 18.2 Å². The van der Waals surface area contributed by atoms with Gasteiger partial charge in [-0.15, -0.1) is 0 Å². The van der Waals surface area contributed by atoms with E-state index in [1.165, 1.54) is 17.0 Å². The molecule has 3 aliphatic rings. The van der Waals surface area contributed by atoms with Gasteiger partial charge in [-0.3, -0.25) is 9.69 Å². The van der Waals surface area contributed by atoms with Crippen molar-refractivity contribution in [3.63, 3.8) is 0 Å². The van der Waals surface area contributed by atoms with E-state index in [0.29, 0.717) is 0 Å². The van der Waals surface area contributed by atoms with Gasteiger partial charge in [0.1, 0.15) is 36.2 Å². The van der Waals surface area contributed by atoms with E-state index in [1.54, 1.807) is 4.90 Å². The van der Waals surface area contributed by atoms with Crippen LogP contribution in [0.3, 0.4) is 0 Å². The molecular formula is C26H23F2N3O9. The summed E-state index contributed by atoms with van der Waals surface area (Å²) < 4.78 is 46.5. The van der Waals surface area contributed by atoms with Crippen molar-refractivity contribution in [3.05, 3.63) is 57.9 Å². The third kappa shape index (κ3) is 4.16. The molecule has 0 bridgehead atoms. The number of hydrogen-bond acceptors (Lipinski definition) is 9. The number of anilines is 2. The zero-order valence-corrected chi connectivity index (χ0v) is 20.7. The summed E-state index contributed by atoms with van der Waals surface area (Å²) in [4.78, 5) is 41.3. The molecule has 14 heteroatoms. The number of aliphatic hydroxyl groups excluding tert-OH is 1. The quantitative estimate of drug-likeness (QED) is 0.349. The van der Waals surface area contributed by atoms with Crippen molar-refractivity contribution in [2.45, 2.75) is 24.2 Å². The Bertz CT molecular complexity index is 1610. The van der Waals surface area contributed by atoms with Crippen molar-refractivity contribution in [1.29, 1.82) is 0 Å². The zero-order valence-electron chi connectivity index (χ0n) is 20.7. The van der Waals surface area contributed by atoms with E-state index in [-0.39, 0.29) is 73.1 Å². The van der Waals surface area contributed by atoms with E-state index < -0.39 is 52.4 Å². The molecule has 1 aromatic heterocycles. The number of halogens is 2. The SMILES string of the molecule is O=C(O)c1c[nH]c2c3c(c(F)cc2c1=O)N1C[C@](O)(COc2ccc(N4CC(CO)OC4=O)cc2F)C[C@H]1CO3. The second kappa shape index (κ2) is 9.34. The number of hydrogen-bond donors (Lipinski definition) is 4. The minimum absolute atomic E-state index is 0.00705. The fraction of sp³-hybridized carbons (Fsp3) is 0.346. The van der Waals surface area contributed by atoms with Gasteiger partial charge < -0.3 is 39.4 Å². The Morgan fingerprint density at radius 2 is 2.02 bits per heavy atom. The average Bonchev–Trinajstić information content (AvgIpc) is 3.47. The molecule has 40 heavy (non-hydrogen) atoms. The van der Waals surface area contributed by atoms with Crippen molar-refractivity contribution in [2.75, 3.05) is 42.7 Å². The number of fused-ring (bicyclic) bond motifs is 5. The van der Waals surface area contributed by atoms with Gasteiger partial charge in [0.05, 0.1) is 42.3 Å². The maximum Gasteiger partial charge on any atom is 0.414 e. The van der Waals surface area contributed by atoms with Crippen molar-refractivity contribution in [3.8, 4) is 11.5 Å². The van der Waals surface area contributed by atoms with Crippen LogP contribution in [0.2, 0.25) is 0 Å². The van der Waals surface area contributed by atoms with E-state index in [0.717, 1.165) is 18.3 Å². The highest BCUT2D eigenvalue weighted by molar-refractivity contribution is 5.96. The molecule has 0 aliphatic carbocycles. The molecule has 0 spiro atoms. The van der Waals surface area contributed by atoms with E-state index in [9.17, 15) is 34.1 Å². The second-order valence-electron chi connectivity index (χ2n) is 10.0. The number of carbonyl (C=O) groups excluding carboxylic acids is 1. The molecule has 1 amide bonds. The Morgan fingerprint density at radius 3 is 2.73 bits per heavy atom. The number of aliphatic hydroxyl groups is 2. The van der Waals surface area contributed by atoms with Crippen LogP contribution in [0.15, 0.2) is 35.3 Å². The summed E-state index contributed by atoms with van der Waals surface area (Å²) in [5.74, 6) is -3.21. The first kappa shape index (κ1) is 25.8. The highest BCUT2D eigenvalue weighted by Crippen LogP contribution is 2.45. The van der Waals surface area contributed by atoms with E-state index in [1.807, 2.05) is 0 Å². The number of cyclic esters (lactones) is 1. The normalized spacial score (nSPS) is 23.6. The number of amides is 1. The Kier molecular flexibility index (Phi) is 6.03. The van der Waals surface area contributed by atoms with Crippen molar-refractivity contribution < 1.29 is 47.9 Å². The molecular weight excluding hydrogens is 536 g/mol. The number of H-pyrrole nitrogens is 1. The van der Waals surface area contributed by atoms with Gasteiger partial charge in [0, 0.05) is 18.7 Å². The standard InChI is InChI=1S/C26H23F2N3O9/c27-17-3-12(30-7-14(8-32)40-25(30)36)1-2-19(17)39-11-26(37)5-13-9-38-23-20-15(4-18(28)21(23)31(13)10-26)22(33)16(6-29-20)24(34)35/h1-4,6,13-14,32,37H,5,7-11H2,(H,29,33)(H,34,35)/t13-,14?,26-/m0/s1. The molecule has 12 nitrogen and oxygen atoms in total. The Balaban J connectivity index is 1.21. The molecule has 210 valence electrons. The van der Waals surface area contributed by atoms with Crippen LogP contribution in [0, 0.1) is 11.6 Å². The summed E-state index contributed by atoms with van der Waals surface area (Å²) in [5.41, 5.74) is -2.56. The van der Waals surface area contributed by atoms with E-state index >= 15 is 4.39 Å². The molecule has 3 aliphatic heterocycles. The maximum atomic E-state index is 15.3. The van der Waals surface area contributed by atoms with Crippen LogP contribution >= 0.6 is 0 Å². The first-order chi connectivity index (χ1) is 19.1. The van der Waals surface area contributed by atoms with Crippen LogP contribution in [-0.2, 0) is 4.74 Å². The number of ether oxygens (including phenoxy) is 3. The lowest BCUT2D eigenvalue weighted by molar-refractivity contribution is 0.00980. The molecule has 0 radical (unpaired) electrons. The monoisotopic (exact) mass is 559 g/mol. The summed E-state index contributed by atoms with van der Waals surface area (Å²) in [6, 6.07) is 4.32. The first-order valence-corrected chi connectivity index (χ1v) is 12.3. The summed E-state index contributed by atoms with van der Waals surface area (Å²) in [6.07, 6.45) is -0.286. The van der Waals surface area contributed by atoms with E-state index in [4.69, 9.17) is 14.2 Å². The molecule has 3 aromatic rings. The van der Waals surface area contributed by atoms with Gasteiger partial charge in [-0.2, -0.15) is 0 Å². The predicted octanol–water partition coefficient (Wildman–Crippen LogP) is 1.60. The van der Waals surface area contributed by atoms with Crippen molar-refractivity contribution >= 4 is 34.3 Å². The molecule has 3 atom stereocenters. The molecule has 2 saturated heterocycles. The largest absolute Gasteiger partial charge is 0.487 e. The Morgan fingerprint density at radius 1 is 1.23 bits per heavy atom. The lowest BCUT2D eigenvalue weighted by atomic mass is 10.0. The van der Waals surface area contributed by atoms with Crippen molar-refractivity contribution in [1.82, 2.24) is 4.98 Å². The molecule has 4 N–H and O–H groups in total. The van der Waals surface area contributed by atoms with Gasteiger partial charge >= 0.3 is 12.1 Å². The number of carboxylic acids is 1. The van der Waals surface area contributed by atoms with Gasteiger partial charge in [-0.1, -0.05) is 0 Å². The molecule has 1 unspecified atom stereocenters. The van der Waals surface area contributed by atoms with E-state index in [2.05, 4.69) is 4.98 Å². The van der Waals surface area contributed by atoms with Gasteiger partial charge in [0.2, 0.25) is 5.43 Å². The minimum Gasteiger partial charge on any atom is -0.487 e. The molecule has 2 fully saturated rings. The number of nitrogens with zero attached hydrogens (tertiary/aromatic N) is 2. The highest BCUT2D eigenvalue weighted by atomic mass is 19.1. The number of nitrogens with one attached hydrogen (secondary N) is 1. The van der Waals surface area contributed by atoms with Crippen LogP contribution in [0.1, 0.15) is 16.8 Å². The van der Waals surface area contributed by atoms with Gasteiger partial charge in [0.15, 0.2) is 23.1 Å². The lowest BCUT2D eigenvalue weighted by Gasteiger charge is -2.34. The summed E-state index contributed by atoms with van der Waals surface area (Å²) in [7, 11) is 0. The summed E-state index contributed by atoms with van der Waals surface area (Å²) >= 11 is 0. The van der Waals surface area contributed by atoms with Crippen LogP contribution in [0.25, 0.3) is 10.9 Å². The predicted molar refractivity (Wildman–Crippen MR) is 134 cm³/mol. The minimum atomic E-state index is -1.52. The number of carboxylic acid groups (broad SMARTS) is 1. The number of carbonyl (C=O) groups is 2. The highest BCUT2D eigenvalue weighted by Gasteiger charge is 2.48. The third-order valence-corrected chi connectivity index (χ3v) is 7.32. The fourth-order valence-corrected chi connectivity index (χ4v) is 5.43. The number of rotatable bonds is 6. The smallest absolute Gasteiger partial charge is 0.414 e. The summed E-state index contributed by atoms with van der Waals surface area (Å²) in [6.45, 7) is -0.675. The van der Waals surface area contributed by atoms with Gasteiger partial charge in [-0.25, -0.2) is 18.4 Å². The van der Waals surface area contributed by atoms with Crippen LogP contribution in [-0.4, -0.2) is 83.0 Å². The van der Waals surface area contributed by atoms with Gasteiger partial charge in [0.25, 0.3) is 0 Å². The molecule has 2 aromatic carbocycles. The maximum absolute atomic E-state index is 15.3. The topological polar surface area (TPSA) is 162 Å². The molecule has 4 heterocycles. The fourth-order valence-electron chi connectivity index (χ4n) is 5.43. The number of benzene rings is 2. The first-order valence-electron chi connectivity index (χ1n) is 12.3. The molecule has 6 rings (SSSR count). The molecule has 0 saturated carbocycles. The zero-order chi connectivity index (χ0) is 28.3. The van der Waals surface area contributed by atoms with Crippen LogP contribution < -0.4 is 24.7 Å². The van der Waals surface area contributed by atoms with Crippen LogP contribution in [0.5, 0.6) is 11.5 Å². The van der Waals surface area contributed by atoms with Crippen LogP contribution in [0.4, 0.5) is 25.0 Å². The number of aromatic nitrogens is 1. The lowest BCUT2D eigenvalue weighted by Crippen LogP contribution is -2.41. The summed E-state index contributed by atoms with van der Waals surface area (Å²) in [5, 5.41) is 29.5. The average molecular weight is 559 g/mol. The second-order valence-corrected chi connectivity index (χ2v) is 10.0. The number of pyridine rings is 1. The Labute approximate surface area is 223 Å². The van der Waals surface area contributed by atoms with Crippen molar-refractivity contribution in [2.24, 2.45) is 0 Å². The number of aromatic carboxylic acids is 1. The Hall–Kier alpha value is -4.43. The third-order valence-electron chi connectivity index (χ3n) is 7.32. The number of aromatic amines is 1.